The fourth-order valence-electron chi connectivity index (χ4n) is 2.71. The zero-order chi connectivity index (χ0) is 15.5. The molecule has 2 heterocycles. The Morgan fingerprint density at radius 1 is 1.09 bits per heavy atom. The van der Waals surface area contributed by atoms with Crippen LogP contribution in [0.1, 0.15) is 24.8 Å². The summed E-state index contributed by atoms with van der Waals surface area (Å²) in [4.78, 5) is 14.6. The van der Waals surface area contributed by atoms with E-state index in [9.17, 15) is 4.79 Å². The second kappa shape index (κ2) is 6.71. The van der Waals surface area contributed by atoms with Crippen molar-refractivity contribution in [2.45, 2.75) is 25.8 Å². The highest BCUT2D eigenvalue weighted by Crippen LogP contribution is 2.24. The van der Waals surface area contributed by atoms with Crippen molar-refractivity contribution < 1.29 is 0 Å². The number of hydrogen-bond acceptors (Lipinski definition) is 3. The first-order chi connectivity index (χ1) is 10.7. The van der Waals surface area contributed by atoms with Crippen LogP contribution in [0.5, 0.6) is 0 Å². The van der Waals surface area contributed by atoms with E-state index in [2.05, 4.69) is 10.00 Å². The Hall–Kier alpha value is -1.52. The molecule has 0 N–H and O–H groups in total. The Morgan fingerprint density at radius 2 is 1.82 bits per heavy atom. The molecule has 0 bridgehead atoms. The number of anilines is 1. The summed E-state index contributed by atoms with van der Waals surface area (Å²) >= 11 is 12.4. The molecule has 0 radical (unpaired) electrons. The van der Waals surface area contributed by atoms with Gasteiger partial charge in [0.1, 0.15) is 5.02 Å². The molecular weight excluding hydrogens is 321 g/mol. The van der Waals surface area contributed by atoms with Crippen molar-refractivity contribution in [3.63, 3.8) is 0 Å². The van der Waals surface area contributed by atoms with E-state index in [1.807, 2.05) is 18.2 Å². The standard InChI is InChI=1S/C16H17Cl2N3O/c17-13-7-3-2-6-12(13)11-21-16(22)15(18)14(10-19-21)20-8-4-1-5-9-20/h2-3,6-7,10H,1,4-5,8-9,11H2. The molecule has 4 nitrogen and oxygen atoms in total. The predicted octanol–water partition coefficient (Wildman–Crippen LogP) is 3.59. The molecule has 0 unspecified atom stereocenters. The number of benzene rings is 1. The summed E-state index contributed by atoms with van der Waals surface area (Å²) in [6.07, 6.45) is 5.16. The van der Waals surface area contributed by atoms with E-state index in [0.29, 0.717) is 11.6 Å². The van der Waals surface area contributed by atoms with Crippen LogP contribution in [0.25, 0.3) is 0 Å². The maximum absolute atomic E-state index is 12.4. The molecule has 0 spiro atoms. The highest BCUT2D eigenvalue weighted by molar-refractivity contribution is 6.33. The second-order valence-electron chi connectivity index (χ2n) is 5.45. The van der Waals surface area contributed by atoms with Crippen molar-refractivity contribution in [1.82, 2.24) is 9.78 Å². The molecule has 0 amide bonds. The molecule has 22 heavy (non-hydrogen) atoms. The van der Waals surface area contributed by atoms with Crippen molar-refractivity contribution in [2.75, 3.05) is 18.0 Å². The third-order valence-electron chi connectivity index (χ3n) is 3.94. The average Bonchev–Trinajstić information content (AvgIpc) is 2.55. The molecule has 1 saturated heterocycles. The van der Waals surface area contributed by atoms with Crippen LogP contribution in [0.3, 0.4) is 0 Å². The van der Waals surface area contributed by atoms with Gasteiger partial charge in [0.05, 0.1) is 18.4 Å². The fourth-order valence-corrected chi connectivity index (χ4v) is 3.17. The Labute approximate surface area is 139 Å². The molecule has 0 atom stereocenters. The summed E-state index contributed by atoms with van der Waals surface area (Å²) in [5.74, 6) is 0. The number of aromatic nitrogens is 2. The van der Waals surface area contributed by atoms with Crippen molar-refractivity contribution in [3.8, 4) is 0 Å². The molecule has 1 aromatic heterocycles. The average molecular weight is 338 g/mol. The number of piperidine rings is 1. The van der Waals surface area contributed by atoms with Crippen LogP contribution in [0.15, 0.2) is 35.3 Å². The monoisotopic (exact) mass is 337 g/mol. The summed E-state index contributed by atoms with van der Waals surface area (Å²) in [5, 5.41) is 5.13. The van der Waals surface area contributed by atoms with Gasteiger partial charge in [-0.3, -0.25) is 4.79 Å². The number of halogens is 2. The first kappa shape index (κ1) is 15.4. The van der Waals surface area contributed by atoms with Gasteiger partial charge in [-0.1, -0.05) is 41.4 Å². The largest absolute Gasteiger partial charge is 0.369 e. The Kier molecular flexibility index (Phi) is 4.69. The van der Waals surface area contributed by atoms with E-state index in [4.69, 9.17) is 23.2 Å². The van der Waals surface area contributed by atoms with Crippen LogP contribution in [-0.2, 0) is 6.54 Å². The van der Waals surface area contributed by atoms with Crippen LogP contribution in [0.2, 0.25) is 10.0 Å². The van der Waals surface area contributed by atoms with Gasteiger partial charge in [0.15, 0.2) is 0 Å². The first-order valence-corrected chi connectivity index (χ1v) is 8.16. The quantitative estimate of drug-likeness (QED) is 0.858. The van der Waals surface area contributed by atoms with Crippen LogP contribution in [-0.4, -0.2) is 22.9 Å². The SMILES string of the molecule is O=c1c(Cl)c(N2CCCCC2)cnn1Cc1ccccc1Cl. The van der Waals surface area contributed by atoms with Gasteiger partial charge in [-0.05, 0) is 30.9 Å². The van der Waals surface area contributed by atoms with Gasteiger partial charge in [-0.25, -0.2) is 4.68 Å². The van der Waals surface area contributed by atoms with Crippen LogP contribution in [0.4, 0.5) is 5.69 Å². The minimum absolute atomic E-state index is 0.240. The van der Waals surface area contributed by atoms with E-state index >= 15 is 0 Å². The van der Waals surface area contributed by atoms with Gasteiger partial charge < -0.3 is 4.90 Å². The lowest BCUT2D eigenvalue weighted by atomic mass is 10.1. The van der Waals surface area contributed by atoms with Crippen molar-refractivity contribution in [3.05, 3.63) is 56.4 Å². The van der Waals surface area contributed by atoms with E-state index in [0.717, 1.165) is 37.2 Å². The molecule has 6 heteroatoms. The Balaban J connectivity index is 1.90. The normalized spacial score (nSPS) is 15.1. The molecule has 0 saturated carbocycles. The molecule has 116 valence electrons. The van der Waals surface area contributed by atoms with E-state index in [1.165, 1.54) is 11.1 Å². The summed E-state index contributed by atoms with van der Waals surface area (Å²) in [6, 6.07) is 7.42. The molecule has 0 aliphatic carbocycles. The van der Waals surface area contributed by atoms with Crippen LogP contribution < -0.4 is 10.5 Å². The van der Waals surface area contributed by atoms with E-state index < -0.39 is 0 Å². The third-order valence-corrected chi connectivity index (χ3v) is 4.67. The number of nitrogens with zero attached hydrogens (tertiary/aromatic N) is 3. The lowest BCUT2D eigenvalue weighted by Crippen LogP contribution is -2.33. The highest BCUT2D eigenvalue weighted by Gasteiger charge is 2.18. The van der Waals surface area contributed by atoms with Crippen molar-refractivity contribution in [2.24, 2.45) is 0 Å². The predicted molar refractivity (Wildman–Crippen MR) is 90.1 cm³/mol. The van der Waals surface area contributed by atoms with Crippen LogP contribution in [0, 0.1) is 0 Å². The number of hydrogen-bond donors (Lipinski definition) is 0. The third kappa shape index (κ3) is 3.13. The van der Waals surface area contributed by atoms with E-state index in [-0.39, 0.29) is 10.6 Å². The van der Waals surface area contributed by atoms with Gasteiger partial charge in [0, 0.05) is 18.1 Å². The van der Waals surface area contributed by atoms with Gasteiger partial charge in [0.25, 0.3) is 5.56 Å². The molecule has 1 fully saturated rings. The van der Waals surface area contributed by atoms with E-state index in [1.54, 1.807) is 12.3 Å². The zero-order valence-electron chi connectivity index (χ0n) is 12.1. The Morgan fingerprint density at radius 3 is 2.55 bits per heavy atom. The summed E-state index contributed by atoms with van der Waals surface area (Å²) in [7, 11) is 0. The minimum atomic E-state index is -0.273. The zero-order valence-corrected chi connectivity index (χ0v) is 13.6. The van der Waals surface area contributed by atoms with Crippen molar-refractivity contribution in [1.29, 1.82) is 0 Å². The van der Waals surface area contributed by atoms with Gasteiger partial charge >= 0.3 is 0 Å². The summed E-state index contributed by atoms with van der Waals surface area (Å²) in [6.45, 7) is 2.17. The first-order valence-electron chi connectivity index (χ1n) is 7.41. The summed E-state index contributed by atoms with van der Waals surface area (Å²) in [5.41, 5.74) is 1.31. The summed E-state index contributed by atoms with van der Waals surface area (Å²) < 4.78 is 1.36. The molecule has 1 aliphatic rings. The minimum Gasteiger partial charge on any atom is -0.369 e. The number of rotatable bonds is 3. The topological polar surface area (TPSA) is 38.1 Å². The highest BCUT2D eigenvalue weighted by atomic mass is 35.5. The lowest BCUT2D eigenvalue weighted by Gasteiger charge is -2.29. The maximum Gasteiger partial charge on any atom is 0.287 e. The van der Waals surface area contributed by atoms with Gasteiger partial charge in [-0.2, -0.15) is 5.10 Å². The Bertz CT molecular complexity index is 724. The molecular formula is C16H17Cl2N3O. The molecule has 2 aromatic rings. The maximum atomic E-state index is 12.4. The molecule has 1 aliphatic heterocycles. The second-order valence-corrected chi connectivity index (χ2v) is 6.23. The van der Waals surface area contributed by atoms with Crippen LogP contribution >= 0.6 is 23.2 Å². The smallest absolute Gasteiger partial charge is 0.287 e. The molecule has 1 aromatic carbocycles. The fraction of sp³-hybridized carbons (Fsp3) is 0.375. The molecule has 3 rings (SSSR count). The van der Waals surface area contributed by atoms with Crippen molar-refractivity contribution >= 4 is 28.9 Å². The van der Waals surface area contributed by atoms with Gasteiger partial charge in [-0.15, -0.1) is 0 Å². The van der Waals surface area contributed by atoms with Gasteiger partial charge in [0.2, 0.25) is 0 Å². The lowest BCUT2D eigenvalue weighted by molar-refractivity contribution is 0.571.